The zero-order valence-electron chi connectivity index (χ0n) is 11.9. The van der Waals surface area contributed by atoms with Gasteiger partial charge in [-0.25, -0.2) is 0 Å². The van der Waals surface area contributed by atoms with E-state index in [1.54, 1.807) is 0 Å². The second-order valence-electron chi connectivity index (χ2n) is 5.85. The molecule has 0 spiro atoms. The lowest BCUT2D eigenvalue weighted by atomic mass is 9.85. The average Bonchev–Trinajstić information content (AvgIpc) is 2.53. The van der Waals surface area contributed by atoms with Crippen molar-refractivity contribution >= 4 is 10.8 Å². The Kier molecular flexibility index (Phi) is 4.34. The van der Waals surface area contributed by atoms with Crippen molar-refractivity contribution in [2.24, 2.45) is 5.92 Å². The SMILES string of the molecule is OCC1CCCCC1NCc1cccc2ccccc12. The molecule has 2 N–H and O–H groups in total. The van der Waals surface area contributed by atoms with Gasteiger partial charge in [0, 0.05) is 19.2 Å². The number of aliphatic hydroxyl groups excluding tert-OH is 1. The molecule has 3 rings (SSSR count). The topological polar surface area (TPSA) is 32.3 Å². The molecule has 2 unspecified atom stereocenters. The van der Waals surface area contributed by atoms with E-state index in [1.165, 1.54) is 35.6 Å². The van der Waals surface area contributed by atoms with Gasteiger partial charge >= 0.3 is 0 Å². The highest BCUT2D eigenvalue weighted by atomic mass is 16.3. The van der Waals surface area contributed by atoms with Crippen molar-refractivity contribution in [1.82, 2.24) is 5.32 Å². The number of hydrogen-bond acceptors (Lipinski definition) is 2. The summed E-state index contributed by atoms with van der Waals surface area (Å²) in [5.41, 5.74) is 1.35. The van der Waals surface area contributed by atoms with Gasteiger partial charge in [0.05, 0.1) is 0 Å². The lowest BCUT2D eigenvalue weighted by Crippen LogP contribution is -2.39. The molecule has 2 heteroatoms. The van der Waals surface area contributed by atoms with Gasteiger partial charge in [-0.15, -0.1) is 0 Å². The summed E-state index contributed by atoms with van der Waals surface area (Å²) in [5.74, 6) is 0.429. The number of fused-ring (bicyclic) bond motifs is 1. The van der Waals surface area contributed by atoms with Crippen LogP contribution in [0.4, 0.5) is 0 Å². The Labute approximate surface area is 120 Å². The summed E-state index contributed by atoms with van der Waals surface area (Å²) in [6.07, 6.45) is 4.89. The zero-order valence-corrected chi connectivity index (χ0v) is 11.9. The van der Waals surface area contributed by atoms with Crippen LogP contribution in [0.2, 0.25) is 0 Å². The smallest absolute Gasteiger partial charge is 0.0474 e. The maximum Gasteiger partial charge on any atom is 0.0474 e. The highest BCUT2D eigenvalue weighted by molar-refractivity contribution is 5.85. The summed E-state index contributed by atoms with van der Waals surface area (Å²) in [5, 5.41) is 15.8. The van der Waals surface area contributed by atoms with E-state index in [0.29, 0.717) is 18.6 Å². The highest BCUT2D eigenvalue weighted by Crippen LogP contribution is 2.25. The minimum atomic E-state index is 0.313. The zero-order chi connectivity index (χ0) is 13.8. The molecule has 0 heterocycles. The Morgan fingerprint density at radius 2 is 1.80 bits per heavy atom. The quantitative estimate of drug-likeness (QED) is 0.890. The first kappa shape index (κ1) is 13.6. The average molecular weight is 269 g/mol. The Hall–Kier alpha value is -1.38. The van der Waals surface area contributed by atoms with E-state index in [2.05, 4.69) is 47.8 Å². The van der Waals surface area contributed by atoms with Gasteiger partial charge in [-0.2, -0.15) is 0 Å². The first-order chi connectivity index (χ1) is 9.88. The maximum atomic E-state index is 9.49. The Morgan fingerprint density at radius 1 is 1.00 bits per heavy atom. The highest BCUT2D eigenvalue weighted by Gasteiger charge is 2.23. The molecule has 0 saturated heterocycles. The largest absolute Gasteiger partial charge is 0.396 e. The van der Waals surface area contributed by atoms with Crippen LogP contribution in [0.3, 0.4) is 0 Å². The molecule has 1 fully saturated rings. The second kappa shape index (κ2) is 6.38. The molecule has 2 aromatic carbocycles. The minimum Gasteiger partial charge on any atom is -0.396 e. The first-order valence-electron chi connectivity index (χ1n) is 7.69. The third-order valence-electron chi connectivity index (χ3n) is 4.58. The number of nitrogens with one attached hydrogen (secondary N) is 1. The summed E-state index contributed by atoms with van der Waals surface area (Å²) in [7, 11) is 0. The van der Waals surface area contributed by atoms with E-state index in [0.717, 1.165) is 13.0 Å². The third kappa shape index (κ3) is 2.87. The standard InChI is InChI=1S/C18H23NO/c20-13-16-7-2-4-11-18(16)19-12-15-9-5-8-14-6-1-3-10-17(14)15/h1,3,5-6,8-10,16,18-20H,2,4,7,11-13H2. The van der Waals surface area contributed by atoms with Crippen molar-refractivity contribution < 1.29 is 5.11 Å². The molecule has 1 saturated carbocycles. The van der Waals surface area contributed by atoms with Crippen LogP contribution in [-0.4, -0.2) is 17.8 Å². The van der Waals surface area contributed by atoms with Gasteiger partial charge in [-0.3, -0.25) is 0 Å². The van der Waals surface area contributed by atoms with Gasteiger partial charge in [0.25, 0.3) is 0 Å². The summed E-state index contributed by atoms with van der Waals surface area (Å²) < 4.78 is 0. The van der Waals surface area contributed by atoms with Crippen molar-refractivity contribution in [1.29, 1.82) is 0 Å². The van der Waals surface area contributed by atoms with Crippen LogP contribution >= 0.6 is 0 Å². The molecular formula is C18H23NO. The van der Waals surface area contributed by atoms with Crippen LogP contribution in [0.1, 0.15) is 31.2 Å². The lowest BCUT2D eigenvalue weighted by Gasteiger charge is -2.31. The fourth-order valence-electron chi connectivity index (χ4n) is 3.38. The summed E-state index contributed by atoms with van der Waals surface area (Å²) in [6.45, 7) is 1.20. The molecule has 2 atom stereocenters. The van der Waals surface area contributed by atoms with Crippen molar-refractivity contribution in [2.75, 3.05) is 6.61 Å². The van der Waals surface area contributed by atoms with Gasteiger partial charge in [-0.05, 0) is 35.1 Å². The van der Waals surface area contributed by atoms with Gasteiger partial charge in [0.2, 0.25) is 0 Å². The van der Waals surface area contributed by atoms with Crippen LogP contribution in [-0.2, 0) is 6.54 Å². The van der Waals surface area contributed by atoms with E-state index in [-0.39, 0.29) is 0 Å². The molecule has 0 aliphatic heterocycles. The fraction of sp³-hybridized carbons (Fsp3) is 0.444. The normalized spacial score (nSPS) is 23.1. The molecule has 2 aromatic rings. The Morgan fingerprint density at radius 3 is 2.70 bits per heavy atom. The van der Waals surface area contributed by atoms with Crippen LogP contribution in [0, 0.1) is 5.92 Å². The van der Waals surface area contributed by atoms with Gasteiger partial charge in [0.1, 0.15) is 0 Å². The van der Waals surface area contributed by atoms with E-state index in [4.69, 9.17) is 0 Å². The Balaban J connectivity index is 1.73. The molecule has 20 heavy (non-hydrogen) atoms. The van der Waals surface area contributed by atoms with E-state index in [1.807, 2.05) is 0 Å². The monoisotopic (exact) mass is 269 g/mol. The van der Waals surface area contributed by atoms with Crippen LogP contribution < -0.4 is 5.32 Å². The molecular weight excluding hydrogens is 246 g/mol. The number of benzene rings is 2. The van der Waals surface area contributed by atoms with Crippen LogP contribution in [0.15, 0.2) is 42.5 Å². The summed E-state index contributed by atoms with van der Waals surface area (Å²) in [6, 6.07) is 15.5. The van der Waals surface area contributed by atoms with Crippen molar-refractivity contribution in [3.8, 4) is 0 Å². The fourth-order valence-corrected chi connectivity index (χ4v) is 3.38. The van der Waals surface area contributed by atoms with Gasteiger partial charge in [0.15, 0.2) is 0 Å². The van der Waals surface area contributed by atoms with E-state index >= 15 is 0 Å². The summed E-state index contributed by atoms with van der Waals surface area (Å²) in [4.78, 5) is 0. The predicted molar refractivity (Wildman–Crippen MR) is 83.6 cm³/mol. The van der Waals surface area contributed by atoms with Crippen LogP contribution in [0.5, 0.6) is 0 Å². The van der Waals surface area contributed by atoms with Crippen molar-refractivity contribution in [2.45, 2.75) is 38.3 Å². The molecule has 106 valence electrons. The number of rotatable bonds is 4. The van der Waals surface area contributed by atoms with Gasteiger partial charge < -0.3 is 10.4 Å². The van der Waals surface area contributed by atoms with E-state index in [9.17, 15) is 5.11 Å². The maximum absolute atomic E-state index is 9.49. The molecule has 0 radical (unpaired) electrons. The predicted octanol–water partition coefficient (Wildman–Crippen LogP) is 3.48. The molecule has 1 aliphatic carbocycles. The van der Waals surface area contributed by atoms with Gasteiger partial charge in [-0.1, -0.05) is 55.3 Å². The minimum absolute atomic E-state index is 0.313. The summed E-state index contributed by atoms with van der Waals surface area (Å²) >= 11 is 0. The number of aliphatic hydroxyl groups is 1. The molecule has 2 nitrogen and oxygen atoms in total. The molecule has 0 aromatic heterocycles. The molecule has 1 aliphatic rings. The molecule has 0 amide bonds. The number of hydrogen-bond donors (Lipinski definition) is 2. The van der Waals surface area contributed by atoms with Crippen molar-refractivity contribution in [3.05, 3.63) is 48.0 Å². The lowest BCUT2D eigenvalue weighted by molar-refractivity contribution is 0.152. The van der Waals surface area contributed by atoms with E-state index < -0.39 is 0 Å². The third-order valence-corrected chi connectivity index (χ3v) is 4.58. The second-order valence-corrected chi connectivity index (χ2v) is 5.85. The first-order valence-corrected chi connectivity index (χ1v) is 7.69. The van der Waals surface area contributed by atoms with Crippen LogP contribution in [0.25, 0.3) is 10.8 Å². The Bertz CT molecular complexity index is 561. The molecule has 0 bridgehead atoms. The van der Waals surface area contributed by atoms with Crippen molar-refractivity contribution in [3.63, 3.8) is 0 Å².